The summed E-state index contributed by atoms with van der Waals surface area (Å²) in [4.78, 5) is 22.4. The quantitative estimate of drug-likeness (QED) is 0.681. The third-order valence-corrected chi connectivity index (χ3v) is 2.76. The first kappa shape index (κ1) is 16.2. The van der Waals surface area contributed by atoms with E-state index < -0.39 is 5.97 Å². The van der Waals surface area contributed by atoms with E-state index >= 15 is 0 Å². The van der Waals surface area contributed by atoms with Gasteiger partial charge < -0.3 is 15.2 Å². The fourth-order valence-corrected chi connectivity index (χ4v) is 1.76. The minimum Gasteiger partial charge on any atom is -0.481 e. The van der Waals surface area contributed by atoms with Gasteiger partial charge in [0.25, 0.3) is 0 Å². The second-order valence-electron chi connectivity index (χ2n) is 4.54. The summed E-state index contributed by atoms with van der Waals surface area (Å²) in [6.45, 7) is 2.66. The van der Waals surface area contributed by atoms with Gasteiger partial charge in [0, 0.05) is 12.3 Å². The van der Waals surface area contributed by atoms with Gasteiger partial charge in [-0.05, 0) is 18.1 Å². The number of ether oxygens (including phenoxy) is 1. The lowest BCUT2D eigenvalue weighted by molar-refractivity contribution is -0.136. The molecule has 1 aromatic carbocycles. The molecule has 1 rings (SSSR count). The number of unbranched alkanes of at least 4 members (excludes halogenated alkanes) is 2. The molecular formula is C15H21NO4. The van der Waals surface area contributed by atoms with Crippen molar-refractivity contribution >= 4 is 17.6 Å². The SMILES string of the molecule is CCCCCOCC(=O)Nc1ccccc1CC(=O)O. The van der Waals surface area contributed by atoms with Gasteiger partial charge in [0.05, 0.1) is 6.42 Å². The lowest BCUT2D eigenvalue weighted by atomic mass is 10.1. The maximum Gasteiger partial charge on any atom is 0.307 e. The van der Waals surface area contributed by atoms with Crippen molar-refractivity contribution in [1.82, 2.24) is 0 Å². The van der Waals surface area contributed by atoms with Crippen LogP contribution in [-0.2, 0) is 20.7 Å². The second-order valence-corrected chi connectivity index (χ2v) is 4.54. The van der Waals surface area contributed by atoms with Gasteiger partial charge in [0.2, 0.25) is 5.91 Å². The maximum atomic E-state index is 11.7. The van der Waals surface area contributed by atoms with Gasteiger partial charge in [-0.3, -0.25) is 9.59 Å². The molecule has 0 aliphatic heterocycles. The lowest BCUT2D eigenvalue weighted by Crippen LogP contribution is -2.20. The van der Waals surface area contributed by atoms with Crippen LogP contribution < -0.4 is 5.32 Å². The summed E-state index contributed by atoms with van der Waals surface area (Å²) in [5.74, 6) is -1.19. The first-order valence-corrected chi connectivity index (χ1v) is 6.80. The van der Waals surface area contributed by atoms with Crippen molar-refractivity contribution in [2.24, 2.45) is 0 Å². The number of para-hydroxylation sites is 1. The molecule has 0 fully saturated rings. The lowest BCUT2D eigenvalue weighted by Gasteiger charge is -2.10. The highest BCUT2D eigenvalue weighted by Crippen LogP contribution is 2.15. The Bertz CT molecular complexity index is 445. The zero-order valence-electron chi connectivity index (χ0n) is 11.7. The van der Waals surface area contributed by atoms with Crippen molar-refractivity contribution in [2.75, 3.05) is 18.5 Å². The van der Waals surface area contributed by atoms with Gasteiger partial charge in [0.1, 0.15) is 6.61 Å². The van der Waals surface area contributed by atoms with E-state index in [4.69, 9.17) is 9.84 Å². The molecule has 0 bridgehead atoms. The van der Waals surface area contributed by atoms with Crippen molar-refractivity contribution in [1.29, 1.82) is 0 Å². The monoisotopic (exact) mass is 279 g/mol. The third-order valence-electron chi connectivity index (χ3n) is 2.76. The van der Waals surface area contributed by atoms with E-state index in [1.54, 1.807) is 24.3 Å². The van der Waals surface area contributed by atoms with Crippen molar-refractivity contribution in [3.05, 3.63) is 29.8 Å². The number of carboxylic acids is 1. The van der Waals surface area contributed by atoms with E-state index in [-0.39, 0.29) is 18.9 Å². The highest BCUT2D eigenvalue weighted by atomic mass is 16.5. The standard InChI is InChI=1S/C15H21NO4/c1-2-3-6-9-20-11-14(17)16-13-8-5-4-7-12(13)10-15(18)19/h4-5,7-8H,2-3,6,9-11H2,1H3,(H,16,17)(H,18,19). The third kappa shape index (κ3) is 6.33. The van der Waals surface area contributed by atoms with Crippen LogP contribution in [-0.4, -0.2) is 30.2 Å². The normalized spacial score (nSPS) is 10.2. The summed E-state index contributed by atoms with van der Waals surface area (Å²) in [7, 11) is 0. The molecule has 0 aliphatic rings. The summed E-state index contributed by atoms with van der Waals surface area (Å²) in [5.41, 5.74) is 1.11. The zero-order chi connectivity index (χ0) is 14.8. The molecule has 1 amide bonds. The Morgan fingerprint density at radius 3 is 2.70 bits per heavy atom. The van der Waals surface area contributed by atoms with Crippen LogP contribution in [0, 0.1) is 0 Å². The van der Waals surface area contributed by atoms with Crippen LogP contribution in [0.5, 0.6) is 0 Å². The van der Waals surface area contributed by atoms with E-state index in [9.17, 15) is 9.59 Å². The van der Waals surface area contributed by atoms with Crippen LogP contribution in [0.15, 0.2) is 24.3 Å². The Morgan fingerprint density at radius 1 is 1.25 bits per heavy atom. The summed E-state index contributed by atoms with van der Waals surface area (Å²) < 4.78 is 5.26. The summed E-state index contributed by atoms with van der Waals surface area (Å²) >= 11 is 0. The Labute approximate surface area is 118 Å². The molecule has 1 aromatic rings. The highest BCUT2D eigenvalue weighted by molar-refractivity contribution is 5.93. The predicted octanol–water partition coefficient (Wildman–Crippen LogP) is 2.46. The van der Waals surface area contributed by atoms with Gasteiger partial charge in [-0.15, -0.1) is 0 Å². The van der Waals surface area contributed by atoms with Gasteiger partial charge in [0.15, 0.2) is 0 Å². The van der Waals surface area contributed by atoms with Crippen molar-refractivity contribution in [2.45, 2.75) is 32.6 Å². The number of carbonyl (C=O) groups is 2. The molecule has 0 atom stereocenters. The molecule has 2 N–H and O–H groups in total. The molecule has 0 saturated heterocycles. The number of carbonyl (C=O) groups excluding carboxylic acids is 1. The average molecular weight is 279 g/mol. The molecule has 0 heterocycles. The minimum absolute atomic E-state index is 0.00881. The maximum absolute atomic E-state index is 11.7. The number of hydrogen-bond donors (Lipinski definition) is 2. The molecule has 0 spiro atoms. The van der Waals surface area contributed by atoms with Crippen LogP contribution in [0.3, 0.4) is 0 Å². The van der Waals surface area contributed by atoms with Crippen molar-refractivity contribution < 1.29 is 19.4 Å². The van der Waals surface area contributed by atoms with E-state index in [0.29, 0.717) is 17.9 Å². The van der Waals surface area contributed by atoms with E-state index in [0.717, 1.165) is 19.3 Å². The molecule has 5 nitrogen and oxygen atoms in total. The Hall–Kier alpha value is -1.88. The van der Waals surface area contributed by atoms with E-state index in [2.05, 4.69) is 12.2 Å². The van der Waals surface area contributed by atoms with Crippen molar-refractivity contribution in [3.63, 3.8) is 0 Å². The summed E-state index contributed by atoms with van der Waals surface area (Å²) in [6.07, 6.45) is 3.02. The van der Waals surface area contributed by atoms with Gasteiger partial charge in [-0.1, -0.05) is 38.0 Å². The average Bonchev–Trinajstić information content (AvgIpc) is 2.40. The van der Waals surface area contributed by atoms with Crippen LogP contribution in [0.4, 0.5) is 5.69 Å². The van der Waals surface area contributed by atoms with Crippen LogP contribution in [0.1, 0.15) is 31.7 Å². The molecule has 0 aromatic heterocycles. The molecule has 0 saturated carbocycles. The van der Waals surface area contributed by atoms with Gasteiger partial charge >= 0.3 is 5.97 Å². The first-order chi connectivity index (χ1) is 9.63. The highest BCUT2D eigenvalue weighted by Gasteiger charge is 2.09. The van der Waals surface area contributed by atoms with Crippen LogP contribution in [0.2, 0.25) is 0 Å². The molecule has 0 unspecified atom stereocenters. The summed E-state index contributed by atoms with van der Waals surface area (Å²) in [5, 5.41) is 11.5. The largest absolute Gasteiger partial charge is 0.481 e. The van der Waals surface area contributed by atoms with Crippen LogP contribution in [0.25, 0.3) is 0 Å². The van der Waals surface area contributed by atoms with Crippen molar-refractivity contribution in [3.8, 4) is 0 Å². The number of nitrogens with one attached hydrogen (secondary N) is 1. The smallest absolute Gasteiger partial charge is 0.307 e. The van der Waals surface area contributed by atoms with Gasteiger partial charge in [-0.25, -0.2) is 0 Å². The molecule has 5 heteroatoms. The minimum atomic E-state index is -0.928. The molecule has 0 aliphatic carbocycles. The fraction of sp³-hybridized carbons (Fsp3) is 0.467. The Morgan fingerprint density at radius 2 is 2.00 bits per heavy atom. The first-order valence-electron chi connectivity index (χ1n) is 6.80. The fourth-order valence-electron chi connectivity index (χ4n) is 1.76. The van der Waals surface area contributed by atoms with E-state index in [1.807, 2.05) is 0 Å². The number of anilines is 1. The molecule has 110 valence electrons. The number of benzene rings is 1. The van der Waals surface area contributed by atoms with E-state index in [1.165, 1.54) is 0 Å². The summed E-state index contributed by atoms with van der Waals surface area (Å²) in [6, 6.07) is 6.87. The number of carboxylic acid groups (broad SMARTS) is 1. The second kappa shape index (κ2) is 9.09. The number of amides is 1. The van der Waals surface area contributed by atoms with Crippen LogP contribution >= 0.6 is 0 Å². The zero-order valence-corrected chi connectivity index (χ0v) is 11.7. The Kier molecular flexibility index (Phi) is 7.35. The van der Waals surface area contributed by atoms with Gasteiger partial charge in [-0.2, -0.15) is 0 Å². The number of aliphatic carboxylic acids is 1. The molecule has 20 heavy (non-hydrogen) atoms. The number of rotatable bonds is 9. The Balaban J connectivity index is 2.43. The molecular weight excluding hydrogens is 258 g/mol. The topological polar surface area (TPSA) is 75.6 Å². The molecule has 0 radical (unpaired) electrons. The predicted molar refractivity (Wildman–Crippen MR) is 76.8 cm³/mol. The number of hydrogen-bond acceptors (Lipinski definition) is 3.